The Bertz CT molecular complexity index is 3870. The van der Waals surface area contributed by atoms with Crippen LogP contribution in [0.4, 0.5) is 17.1 Å². The van der Waals surface area contributed by atoms with Crippen molar-refractivity contribution in [3.05, 3.63) is 254 Å². The van der Waals surface area contributed by atoms with Gasteiger partial charge in [-0.1, -0.05) is 190 Å². The summed E-state index contributed by atoms with van der Waals surface area (Å²) in [5.41, 5.74) is 19.4. The second-order valence-corrected chi connectivity index (χ2v) is 18.5. The molecule has 1 heterocycles. The number of rotatable bonds is 7. The van der Waals surface area contributed by atoms with Crippen molar-refractivity contribution < 1.29 is 0 Å². The maximum atomic E-state index is 2.47. The van der Waals surface area contributed by atoms with Crippen molar-refractivity contribution in [1.82, 2.24) is 4.57 Å². The molecule has 0 atom stereocenters. The van der Waals surface area contributed by atoms with E-state index in [0.717, 1.165) is 17.1 Å². The van der Waals surface area contributed by atoms with Crippen LogP contribution in [0.3, 0.4) is 0 Å². The molecule has 0 radical (unpaired) electrons. The molecule has 0 bridgehead atoms. The molecule has 1 aliphatic rings. The van der Waals surface area contributed by atoms with Crippen LogP contribution in [0, 0.1) is 0 Å². The van der Waals surface area contributed by atoms with Crippen molar-refractivity contribution in [3.63, 3.8) is 0 Å². The van der Waals surface area contributed by atoms with Crippen molar-refractivity contribution in [2.45, 2.75) is 19.3 Å². The van der Waals surface area contributed by atoms with Gasteiger partial charge < -0.3 is 9.47 Å². The van der Waals surface area contributed by atoms with E-state index < -0.39 is 0 Å². The van der Waals surface area contributed by atoms with Gasteiger partial charge in [0, 0.05) is 38.9 Å². The minimum Gasteiger partial charge on any atom is -0.310 e. The number of anilines is 3. The van der Waals surface area contributed by atoms with E-state index in [9.17, 15) is 0 Å². The van der Waals surface area contributed by atoms with Crippen LogP contribution in [-0.2, 0) is 5.41 Å². The Morgan fingerprint density at radius 2 is 0.910 bits per heavy atom. The highest BCUT2D eigenvalue weighted by molar-refractivity contribution is 6.16. The fraction of sp³-hybridized carbons (Fsp3) is 0.0462. The van der Waals surface area contributed by atoms with Crippen LogP contribution in [0.2, 0.25) is 0 Å². The molecule has 316 valence electrons. The van der Waals surface area contributed by atoms with Crippen LogP contribution in [0.15, 0.2) is 243 Å². The van der Waals surface area contributed by atoms with E-state index in [2.05, 4.69) is 266 Å². The molecule has 1 aromatic heterocycles. The summed E-state index contributed by atoms with van der Waals surface area (Å²) in [4.78, 5) is 2.39. The Morgan fingerprint density at radius 1 is 0.328 bits per heavy atom. The Balaban J connectivity index is 0.925. The van der Waals surface area contributed by atoms with Crippen molar-refractivity contribution in [1.29, 1.82) is 0 Å². The van der Waals surface area contributed by atoms with Gasteiger partial charge in [0.05, 0.1) is 11.0 Å². The number of benzene rings is 11. The first kappa shape index (κ1) is 39.0. The molecule has 0 unspecified atom stereocenters. The Labute approximate surface area is 391 Å². The number of aromatic nitrogens is 1. The average molecular weight is 855 g/mol. The van der Waals surface area contributed by atoms with Gasteiger partial charge in [-0.05, 0) is 144 Å². The van der Waals surface area contributed by atoms with E-state index in [1.165, 1.54) is 105 Å². The molecule has 0 amide bonds. The van der Waals surface area contributed by atoms with Crippen molar-refractivity contribution in [2.75, 3.05) is 4.90 Å². The topological polar surface area (TPSA) is 8.17 Å². The molecule has 67 heavy (non-hydrogen) atoms. The van der Waals surface area contributed by atoms with Gasteiger partial charge in [0.2, 0.25) is 0 Å². The summed E-state index contributed by atoms with van der Waals surface area (Å²) in [6.45, 7) is 4.72. The molecule has 2 nitrogen and oxygen atoms in total. The predicted octanol–water partition coefficient (Wildman–Crippen LogP) is 17.9. The van der Waals surface area contributed by atoms with Gasteiger partial charge in [-0.3, -0.25) is 0 Å². The standard InChI is InChI=1S/C65H46N2/c1-65(2)60-23-10-8-20-57(60)58-39-37-53(42-61(58)65)67-62-24-11-9-21-59(62)64-56(22-13-25-63(64)67)48-17-12-18-52(41-48)66(50-33-28-44(29-34-50)43-14-4-3-5-15-43)51-35-30-45(31-36-51)47-32-38-55-49(40-47)27-26-46-16-6-7-19-54(46)55/h3-42H,1-2H3. The fourth-order valence-corrected chi connectivity index (χ4v) is 11.1. The van der Waals surface area contributed by atoms with Crippen LogP contribution in [0.25, 0.3) is 93.5 Å². The highest BCUT2D eigenvalue weighted by atomic mass is 15.1. The molecule has 0 saturated carbocycles. The van der Waals surface area contributed by atoms with E-state index in [1.807, 2.05) is 0 Å². The minimum absolute atomic E-state index is 0.0908. The lowest BCUT2D eigenvalue weighted by Crippen LogP contribution is -2.15. The van der Waals surface area contributed by atoms with Gasteiger partial charge in [-0.25, -0.2) is 0 Å². The number of hydrogen-bond acceptors (Lipinski definition) is 1. The largest absolute Gasteiger partial charge is 0.310 e. The number of fused-ring (bicyclic) bond motifs is 9. The number of nitrogens with zero attached hydrogens (tertiary/aromatic N) is 2. The van der Waals surface area contributed by atoms with Crippen molar-refractivity contribution >= 4 is 60.4 Å². The van der Waals surface area contributed by atoms with Gasteiger partial charge in [0.15, 0.2) is 0 Å². The fourth-order valence-electron chi connectivity index (χ4n) is 11.1. The smallest absolute Gasteiger partial charge is 0.0547 e. The Morgan fingerprint density at radius 3 is 1.73 bits per heavy atom. The van der Waals surface area contributed by atoms with E-state index in [0.29, 0.717) is 0 Å². The molecule has 0 aliphatic heterocycles. The van der Waals surface area contributed by atoms with Crippen LogP contribution < -0.4 is 4.90 Å². The molecule has 13 rings (SSSR count). The van der Waals surface area contributed by atoms with E-state index in [4.69, 9.17) is 0 Å². The predicted molar refractivity (Wildman–Crippen MR) is 284 cm³/mol. The average Bonchev–Trinajstić information content (AvgIpc) is 3.85. The highest BCUT2D eigenvalue weighted by Crippen LogP contribution is 2.50. The molecular weight excluding hydrogens is 809 g/mol. The Kier molecular flexibility index (Phi) is 8.91. The van der Waals surface area contributed by atoms with E-state index in [1.54, 1.807) is 0 Å². The second kappa shape index (κ2) is 15.3. The quantitative estimate of drug-likeness (QED) is 0.145. The summed E-state index contributed by atoms with van der Waals surface area (Å²) < 4.78 is 2.47. The van der Waals surface area contributed by atoms with E-state index in [-0.39, 0.29) is 5.41 Å². The Hall–Kier alpha value is -8.46. The van der Waals surface area contributed by atoms with Crippen LogP contribution in [0.1, 0.15) is 25.0 Å². The van der Waals surface area contributed by atoms with Gasteiger partial charge in [-0.15, -0.1) is 0 Å². The first-order valence-electron chi connectivity index (χ1n) is 23.3. The van der Waals surface area contributed by atoms with Crippen molar-refractivity contribution in [3.8, 4) is 50.2 Å². The van der Waals surface area contributed by atoms with E-state index >= 15 is 0 Å². The lowest BCUT2D eigenvalue weighted by atomic mass is 9.82. The molecule has 0 N–H and O–H groups in total. The van der Waals surface area contributed by atoms with Gasteiger partial charge in [0.25, 0.3) is 0 Å². The summed E-state index contributed by atoms with van der Waals surface area (Å²) in [6.07, 6.45) is 0. The van der Waals surface area contributed by atoms with Crippen LogP contribution >= 0.6 is 0 Å². The number of para-hydroxylation sites is 1. The summed E-state index contributed by atoms with van der Waals surface area (Å²) in [5.74, 6) is 0. The molecule has 1 aliphatic carbocycles. The monoisotopic (exact) mass is 854 g/mol. The summed E-state index contributed by atoms with van der Waals surface area (Å²) in [6, 6.07) is 89.4. The molecule has 2 heteroatoms. The minimum atomic E-state index is -0.0908. The zero-order valence-electron chi connectivity index (χ0n) is 37.5. The molecule has 0 saturated heterocycles. The highest BCUT2D eigenvalue weighted by Gasteiger charge is 2.35. The molecule has 0 spiro atoms. The normalized spacial score (nSPS) is 12.7. The van der Waals surface area contributed by atoms with Gasteiger partial charge in [-0.2, -0.15) is 0 Å². The zero-order chi connectivity index (χ0) is 44.6. The van der Waals surface area contributed by atoms with Crippen molar-refractivity contribution in [2.24, 2.45) is 0 Å². The summed E-state index contributed by atoms with van der Waals surface area (Å²) >= 11 is 0. The first-order chi connectivity index (χ1) is 33.0. The number of hydrogen-bond donors (Lipinski definition) is 0. The molecular formula is C65H46N2. The van der Waals surface area contributed by atoms with Crippen LogP contribution in [-0.4, -0.2) is 4.57 Å². The van der Waals surface area contributed by atoms with Gasteiger partial charge in [0.1, 0.15) is 0 Å². The molecule has 0 fully saturated rings. The molecule has 11 aromatic carbocycles. The van der Waals surface area contributed by atoms with Crippen LogP contribution in [0.5, 0.6) is 0 Å². The second-order valence-electron chi connectivity index (χ2n) is 18.5. The first-order valence-corrected chi connectivity index (χ1v) is 23.3. The summed E-state index contributed by atoms with van der Waals surface area (Å²) in [5, 5.41) is 7.58. The van der Waals surface area contributed by atoms with Gasteiger partial charge >= 0.3 is 0 Å². The lowest BCUT2D eigenvalue weighted by molar-refractivity contribution is 0.660. The summed E-state index contributed by atoms with van der Waals surface area (Å²) in [7, 11) is 0. The maximum Gasteiger partial charge on any atom is 0.0547 e. The third-order valence-electron chi connectivity index (χ3n) is 14.4. The SMILES string of the molecule is CC1(C)c2ccccc2-c2ccc(-n3c4ccccc4c4c(-c5cccc(N(c6ccc(-c7ccccc7)cc6)c6ccc(-c7ccc8c(ccc9ccccc98)c7)cc6)c5)cccc43)cc21. The molecule has 12 aromatic rings. The lowest BCUT2D eigenvalue weighted by Gasteiger charge is -2.26. The zero-order valence-corrected chi connectivity index (χ0v) is 37.5. The maximum absolute atomic E-state index is 2.47. The third-order valence-corrected chi connectivity index (χ3v) is 14.4. The third kappa shape index (κ3) is 6.32.